The van der Waals surface area contributed by atoms with E-state index in [0.717, 1.165) is 50.6 Å². The zero-order valence-electron chi connectivity index (χ0n) is 18.8. The first-order chi connectivity index (χ1) is 16.6. The smallest absolute Gasteiger partial charge is 0.195 e. The fourth-order valence-corrected chi connectivity index (χ4v) is 5.63. The third-order valence-corrected chi connectivity index (χ3v) is 7.41. The second-order valence-corrected chi connectivity index (χ2v) is 9.59. The monoisotopic (exact) mass is 474 g/mol. The Morgan fingerprint density at radius 1 is 1.00 bits per heavy atom. The molecule has 3 aliphatic rings. The summed E-state index contributed by atoms with van der Waals surface area (Å²) in [4.78, 5) is 28.0. The van der Waals surface area contributed by atoms with Crippen molar-refractivity contribution in [1.29, 1.82) is 0 Å². The Balaban J connectivity index is 1.40. The summed E-state index contributed by atoms with van der Waals surface area (Å²) in [5.74, 6) is 0.544. The van der Waals surface area contributed by atoms with E-state index in [-0.39, 0.29) is 11.6 Å². The fraction of sp³-hybridized carbons (Fsp3) is 0.259. The number of allylic oxidation sites excluding steroid dienone is 3. The Morgan fingerprint density at radius 2 is 1.74 bits per heavy atom. The van der Waals surface area contributed by atoms with Gasteiger partial charge in [-0.2, -0.15) is 0 Å². The first kappa shape index (κ1) is 22.5. The molecule has 7 heteroatoms. The van der Waals surface area contributed by atoms with Gasteiger partial charge in [0, 0.05) is 50.8 Å². The molecule has 0 saturated carbocycles. The molecule has 2 aromatic rings. The van der Waals surface area contributed by atoms with Crippen molar-refractivity contribution >= 4 is 40.6 Å². The number of hydrogen-bond acceptors (Lipinski definition) is 7. The molecule has 1 aromatic carbocycles. The normalized spacial score (nSPS) is 17.6. The van der Waals surface area contributed by atoms with E-state index < -0.39 is 0 Å². The zero-order valence-corrected chi connectivity index (χ0v) is 19.6. The van der Waals surface area contributed by atoms with E-state index in [4.69, 9.17) is 4.74 Å². The minimum atomic E-state index is -0.111. The quantitative estimate of drug-likeness (QED) is 0.649. The maximum atomic E-state index is 13.6. The van der Waals surface area contributed by atoms with Gasteiger partial charge >= 0.3 is 0 Å². The number of carbonyl (C=O) groups is 2. The van der Waals surface area contributed by atoms with Crippen LogP contribution in [0.5, 0.6) is 5.75 Å². The molecule has 1 saturated heterocycles. The first-order valence-electron chi connectivity index (χ1n) is 11.5. The number of likely N-dealkylation sites (tertiary alicyclic amines) is 1. The number of benzene rings is 1. The van der Waals surface area contributed by atoms with Crippen molar-refractivity contribution in [3.63, 3.8) is 0 Å². The molecule has 0 atom stereocenters. The standard InChI is InChI=1S/C27H26N2O4S/c30-21-6-9-23-24(18-21)34-27(20-10-14-29(32)15-11-20)25(23)26(31)19-4-7-22(8-5-19)33-17-16-28-12-2-1-3-13-28/h4-11,14-15,18,32H,1-3,12-13,16-17H2. The van der Waals surface area contributed by atoms with Crippen molar-refractivity contribution in [1.82, 2.24) is 9.96 Å². The van der Waals surface area contributed by atoms with Gasteiger partial charge in [-0.15, -0.1) is 11.3 Å². The van der Waals surface area contributed by atoms with Crippen LogP contribution in [0, 0.1) is 0 Å². The van der Waals surface area contributed by atoms with Crippen LogP contribution in [-0.4, -0.2) is 53.0 Å². The summed E-state index contributed by atoms with van der Waals surface area (Å²) in [6.07, 6.45) is 15.1. The summed E-state index contributed by atoms with van der Waals surface area (Å²) in [5.41, 5.74) is 2.69. The summed E-state index contributed by atoms with van der Waals surface area (Å²) in [7, 11) is 0. The second kappa shape index (κ2) is 9.93. The molecule has 1 aliphatic carbocycles. The Morgan fingerprint density at radius 3 is 2.47 bits per heavy atom. The number of nitrogens with zero attached hydrogens (tertiary/aromatic N) is 2. The van der Waals surface area contributed by atoms with Crippen LogP contribution in [0.2, 0.25) is 0 Å². The molecule has 6 nitrogen and oxygen atoms in total. The molecule has 0 amide bonds. The van der Waals surface area contributed by atoms with E-state index >= 15 is 0 Å². The van der Waals surface area contributed by atoms with E-state index in [1.165, 1.54) is 49.1 Å². The highest BCUT2D eigenvalue weighted by Crippen LogP contribution is 2.20. The zero-order chi connectivity index (χ0) is 23.5. The molecule has 1 aromatic heterocycles. The highest BCUT2D eigenvalue weighted by Gasteiger charge is 2.21. The number of carbonyl (C=O) groups excluding carboxylic acids is 2. The van der Waals surface area contributed by atoms with Crippen LogP contribution >= 0.6 is 11.3 Å². The van der Waals surface area contributed by atoms with Crippen LogP contribution in [0.1, 0.15) is 40.7 Å². The van der Waals surface area contributed by atoms with Crippen LogP contribution in [0.15, 0.2) is 54.9 Å². The minimum absolute atomic E-state index is 0.0911. The van der Waals surface area contributed by atoms with Gasteiger partial charge in [0.1, 0.15) is 12.4 Å². The number of fused-ring (bicyclic) bond motifs is 1. The van der Waals surface area contributed by atoms with Crippen molar-refractivity contribution in [2.45, 2.75) is 19.3 Å². The number of hydrogen-bond donors (Lipinski definition) is 1. The van der Waals surface area contributed by atoms with E-state index in [0.29, 0.717) is 17.7 Å². The van der Waals surface area contributed by atoms with Crippen LogP contribution in [-0.2, 0) is 4.79 Å². The third kappa shape index (κ3) is 4.82. The average molecular weight is 475 g/mol. The van der Waals surface area contributed by atoms with Crippen molar-refractivity contribution in [2.75, 3.05) is 26.2 Å². The van der Waals surface area contributed by atoms with Crippen molar-refractivity contribution in [3.8, 4) is 5.75 Å². The maximum absolute atomic E-state index is 13.6. The van der Waals surface area contributed by atoms with Crippen LogP contribution < -0.4 is 13.8 Å². The molecule has 174 valence electrons. The first-order valence-corrected chi connectivity index (χ1v) is 12.3. The molecule has 5 rings (SSSR count). The van der Waals surface area contributed by atoms with Gasteiger partial charge in [-0.1, -0.05) is 6.42 Å². The largest absolute Gasteiger partial charge is 0.492 e. The fourth-order valence-electron chi connectivity index (χ4n) is 4.40. The molecule has 1 N–H and O–H groups in total. The summed E-state index contributed by atoms with van der Waals surface area (Å²) < 4.78 is 7.45. The Hall–Kier alpha value is -3.26. The molecule has 3 heterocycles. The second-order valence-electron chi connectivity index (χ2n) is 8.54. The van der Waals surface area contributed by atoms with Crippen LogP contribution in [0.3, 0.4) is 0 Å². The lowest BCUT2D eigenvalue weighted by Crippen LogP contribution is -2.33. The molecular formula is C27H26N2O4S. The lowest BCUT2D eigenvalue weighted by Gasteiger charge is -2.26. The average Bonchev–Trinajstić information content (AvgIpc) is 3.23. The lowest BCUT2D eigenvalue weighted by atomic mass is 9.97. The molecule has 0 spiro atoms. The van der Waals surface area contributed by atoms with Crippen molar-refractivity contribution in [2.24, 2.45) is 0 Å². The van der Waals surface area contributed by atoms with E-state index in [2.05, 4.69) is 4.90 Å². The van der Waals surface area contributed by atoms with Crippen molar-refractivity contribution in [3.05, 3.63) is 80.6 Å². The molecule has 0 bridgehead atoms. The number of ketones is 2. The number of rotatable bonds is 6. The van der Waals surface area contributed by atoms with E-state index in [1.807, 2.05) is 12.1 Å². The topological polar surface area (TPSA) is 70.1 Å². The molecule has 0 unspecified atom stereocenters. The number of hydroxylamine groups is 2. The summed E-state index contributed by atoms with van der Waals surface area (Å²) in [5, 5.41) is 10.6. The van der Waals surface area contributed by atoms with Gasteiger partial charge in [-0.3, -0.25) is 19.7 Å². The van der Waals surface area contributed by atoms with Crippen LogP contribution in [0.4, 0.5) is 0 Å². The maximum Gasteiger partial charge on any atom is 0.195 e. The Bertz CT molecular complexity index is 1300. The van der Waals surface area contributed by atoms with Gasteiger partial charge in [0.25, 0.3) is 0 Å². The van der Waals surface area contributed by atoms with Gasteiger partial charge in [-0.25, -0.2) is 5.06 Å². The Labute approximate surface area is 202 Å². The summed E-state index contributed by atoms with van der Waals surface area (Å²) in [6.45, 7) is 3.82. The third-order valence-electron chi connectivity index (χ3n) is 6.21. The SMILES string of the molecule is O=C1C=Cc2c(C(=O)c3ccc(OCCN4CCCCC4)cc3)c(=C3C=CN(O)C=C3)sc2=C1. The number of piperidine rings is 1. The predicted molar refractivity (Wildman–Crippen MR) is 133 cm³/mol. The molecule has 1 fully saturated rings. The molecular weight excluding hydrogens is 448 g/mol. The predicted octanol–water partition coefficient (Wildman–Crippen LogP) is 3.10. The Kier molecular flexibility index (Phi) is 6.58. The van der Waals surface area contributed by atoms with Crippen molar-refractivity contribution < 1.29 is 19.5 Å². The van der Waals surface area contributed by atoms with Crippen LogP contribution in [0.25, 0.3) is 17.7 Å². The highest BCUT2D eigenvalue weighted by molar-refractivity contribution is 7.08. The van der Waals surface area contributed by atoms with Gasteiger partial charge < -0.3 is 4.74 Å². The highest BCUT2D eigenvalue weighted by atomic mass is 32.1. The summed E-state index contributed by atoms with van der Waals surface area (Å²) in [6, 6.07) is 7.26. The molecule has 2 aliphatic heterocycles. The van der Waals surface area contributed by atoms with Gasteiger partial charge in [-0.05, 0) is 80.1 Å². The van der Waals surface area contributed by atoms with E-state index in [9.17, 15) is 14.8 Å². The van der Waals surface area contributed by atoms with Gasteiger partial charge in [0.2, 0.25) is 0 Å². The molecule has 0 radical (unpaired) electrons. The van der Waals surface area contributed by atoms with Gasteiger partial charge in [0.05, 0.1) is 0 Å². The summed E-state index contributed by atoms with van der Waals surface area (Å²) >= 11 is 1.41. The van der Waals surface area contributed by atoms with E-state index in [1.54, 1.807) is 36.4 Å². The lowest BCUT2D eigenvalue weighted by molar-refractivity contribution is -0.109. The number of ether oxygens (including phenoxy) is 1. The number of thiophene rings is 1. The van der Waals surface area contributed by atoms with Gasteiger partial charge in [0.15, 0.2) is 11.6 Å². The minimum Gasteiger partial charge on any atom is -0.492 e. The molecule has 34 heavy (non-hydrogen) atoms.